The van der Waals surface area contributed by atoms with Gasteiger partial charge in [-0.3, -0.25) is 0 Å². The molecule has 6 rings (SSSR count). The summed E-state index contributed by atoms with van der Waals surface area (Å²) in [6.45, 7) is 0. The molecule has 5 heteroatoms. The van der Waals surface area contributed by atoms with Crippen molar-refractivity contribution in [2.75, 3.05) is 0 Å². The Morgan fingerprint density at radius 2 is 0.867 bits per heavy atom. The molecule has 0 radical (unpaired) electrons. The van der Waals surface area contributed by atoms with E-state index in [1.807, 2.05) is 0 Å². The molecule has 1 nitrogen and oxygen atoms in total. The fraction of sp³-hybridized carbons (Fsp3) is 0.0400. The third kappa shape index (κ3) is 2.56. The van der Waals surface area contributed by atoms with Gasteiger partial charge in [0.05, 0.1) is 5.41 Å². The van der Waals surface area contributed by atoms with Crippen molar-refractivity contribution in [3.05, 3.63) is 113 Å². The monoisotopic (exact) mass is 644 g/mol. The van der Waals surface area contributed by atoms with E-state index in [-0.39, 0.29) is 0 Å². The fourth-order valence-electron chi connectivity index (χ4n) is 4.89. The van der Waals surface area contributed by atoms with Crippen LogP contribution in [0.25, 0.3) is 11.1 Å². The molecule has 4 aromatic rings. The van der Waals surface area contributed by atoms with E-state index in [9.17, 15) is 0 Å². The zero-order valence-electron chi connectivity index (χ0n) is 15.3. The average Bonchev–Trinajstić information content (AvgIpc) is 2.97. The number of rotatable bonds is 0. The van der Waals surface area contributed by atoms with E-state index in [4.69, 9.17) is 4.74 Å². The quantitative estimate of drug-likeness (QED) is 0.160. The summed E-state index contributed by atoms with van der Waals surface area (Å²) >= 11 is 14.7. The molecule has 0 unspecified atom stereocenters. The van der Waals surface area contributed by atoms with Gasteiger partial charge in [-0.15, -0.1) is 0 Å². The Morgan fingerprint density at radius 3 is 1.33 bits per heavy atom. The summed E-state index contributed by atoms with van der Waals surface area (Å²) in [7, 11) is 0. The van der Waals surface area contributed by atoms with Gasteiger partial charge in [-0.1, -0.05) is 88.0 Å². The van der Waals surface area contributed by atoms with Crippen molar-refractivity contribution in [1.82, 2.24) is 0 Å². The molecule has 0 saturated heterocycles. The van der Waals surface area contributed by atoms with Crippen LogP contribution in [-0.4, -0.2) is 0 Å². The lowest BCUT2D eigenvalue weighted by Crippen LogP contribution is -2.32. The number of hydrogen-bond donors (Lipinski definition) is 0. The molecule has 0 N–H and O–H groups in total. The molecule has 0 saturated carbocycles. The van der Waals surface area contributed by atoms with Crippen LogP contribution in [-0.2, 0) is 5.41 Å². The van der Waals surface area contributed by atoms with Crippen LogP contribution in [0.15, 0.2) is 90.7 Å². The number of hydrogen-bond acceptors (Lipinski definition) is 1. The Labute approximate surface area is 208 Å². The van der Waals surface area contributed by atoms with Gasteiger partial charge in [0, 0.05) is 29.0 Å². The van der Waals surface area contributed by atoms with Gasteiger partial charge in [-0.25, -0.2) is 0 Å². The summed E-state index contributed by atoms with van der Waals surface area (Å²) in [5.74, 6) is 1.74. The van der Waals surface area contributed by atoms with Crippen LogP contribution in [0, 0.1) is 0 Å². The van der Waals surface area contributed by atoms with Crippen LogP contribution in [0.4, 0.5) is 0 Å². The van der Waals surface area contributed by atoms with Gasteiger partial charge in [0.2, 0.25) is 0 Å². The van der Waals surface area contributed by atoms with Gasteiger partial charge in [0.1, 0.15) is 11.5 Å². The summed E-state index contributed by atoms with van der Waals surface area (Å²) in [6.07, 6.45) is 0. The molecule has 0 atom stereocenters. The van der Waals surface area contributed by atoms with Crippen LogP contribution >= 0.6 is 63.7 Å². The van der Waals surface area contributed by atoms with Crippen molar-refractivity contribution in [1.29, 1.82) is 0 Å². The Hall–Kier alpha value is -1.40. The van der Waals surface area contributed by atoms with E-state index in [0.29, 0.717) is 0 Å². The number of benzene rings is 4. The summed E-state index contributed by atoms with van der Waals surface area (Å²) in [4.78, 5) is 0. The largest absolute Gasteiger partial charge is 0.457 e. The van der Waals surface area contributed by atoms with Gasteiger partial charge >= 0.3 is 0 Å². The van der Waals surface area contributed by atoms with E-state index >= 15 is 0 Å². The number of halogens is 4. The van der Waals surface area contributed by atoms with Crippen molar-refractivity contribution < 1.29 is 4.74 Å². The third-order valence-corrected chi connectivity index (χ3v) is 7.95. The molecule has 1 heterocycles. The molecule has 0 amide bonds. The highest BCUT2D eigenvalue weighted by molar-refractivity contribution is 9.11. The van der Waals surface area contributed by atoms with Crippen LogP contribution < -0.4 is 4.74 Å². The molecule has 0 bridgehead atoms. The summed E-state index contributed by atoms with van der Waals surface area (Å²) in [5, 5.41) is 0. The standard InChI is InChI=1S/C25H12Br4O/c26-13-1-5-17-18-6-2-14(27)10-22(18)25(21(17)9-13)19-7-3-15(28)11-23(19)30-24-12-16(29)4-8-20(24)25/h1-12H. The summed E-state index contributed by atoms with van der Waals surface area (Å²) in [5.41, 5.74) is 6.88. The van der Waals surface area contributed by atoms with Gasteiger partial charge in [0.25, 0.3) is 0 Å². The van der Waals surface area contributed by atoms with Crippen molar-refractivity contribution in [2.24, 2.45) is 0 Å². The summed E-state index contributed by atoms with van der Waals surface area (Å²) in [6, 6.07) is 25.9. The van der Waals surface area contributed by atoms with Crippen LogP contribution in [0.3, 0.4) is 0 Å². The molecule has 1 aliphatic carbocycles. The average molecular weight is 648 g/mol. The molecular weight excluding hydrogens is 636 g/mol. The second-order valence-corrected chi connectivity index (χ2v) is 11.2. The predicted octanol–water partition coefficient (Wildman–Crippen LogP) is 9.21. The zero-order valence-corrected chi connectivity index (χ0v) is 21.7. The van der Waals surface area contributed by atoms with Crippen LogP contribution in [0.2, 0.25) is 0 Å². The molecular formula is C25H12Br4O. The molecule has 1 aliphatic heterocycles. The highest BCUT2D eigenvalue weighted by Gasteiger charge is 2.51. The van der Waals surface area contributed by atoms with E-state index in [1.165, 1.54) is 22.3 Å². The van der Waals surface area contributed by atoms with Gasteiger partial charge in [-0.05, 0) is 70.8 Å². The third-order valence-electron chi connectivity index (χ3n) is 5.98. The fourth-order valence-corrected chi connectivity index (χ4v) is 6.30. The smallest absolute Gasteiger partial charge is 0.133 e. The Balaban J connectivity index is 1.85. The minimum Gasteiger partial charge on any atom is -0.457 e. The Kier molecular flexibility index (Phi) is 4.37. The first-order chi connectivity index (χ1) is 14.5. The molecule has 30 heavy (non-hydrogen) atoms. The number of fused-ring (bicyclic) bond motifs is 9. The van der Waals surface area contributed by atoms with E-state index < -0.39 is 5.41 Å². The molecule has 4 aromatic carbocycles. The minimum absolute atomic E-state index is 0.456. The lowest BCUT2D eigenvalue weighted by Gasteiger charge is -2.39. The first-order valence-electron chi connectivity index (χ1n) is 9.37. The van der Waals surface area contributed by atoms with Crippen LogP contribution in [0.1, 0.15) is 22.3 Å². The van der Waals surface area contributed by atoms with Crippen molar-refractivity contribution in [2.45, 2.75) is 5.41 Å². The van der Waals surface area contributed by atoms with Crippen LogP contribution in [0.5, 0.6) is 11.5 Å². The molecule has 0 fully saturated rings. The van der Waals surface area contributed by atoms with Gasteiger partial charge in [0.15, 0.2) is 0 Å². The topological polar surface area (TPSA) is 9.23 Å². The maximum Gasteiger partial charge on any atom is 0.133 e. The van der Waals surface area contributed by atoms with E-state index in [1.54, 1.807) is 0 Å². The highest BCUT2D eigenvalue weighted by atomic mass is 79.9. The Bertz CT molecular complexity index is 1270. The van der Waals surface area contributed by atoms with Gasteiger partial charge < -0.3 is 4.74 Å². The van der Waals surface area contributed by atoms with Gasteiger partial charge in [-0.2, -0.15) is 0 Å². The SMILES string of the molecule is Brc1ccc2c(c1)Oc1cc(Br)ccc1C21c2cc(Br)ccc2-c2ccc(Br)cc21. The minimum atomic E-state index is -0.456. The van der Waals surface area contributed by atoms with E-state index in [0.717, 1.165) is 40.5 Å². The second-order valence-electron chi connectivity index (χ2n) is 7.51. The maximum atomic E-state index is 6.43. The normalized spacial score (nSPS) is 14.5. The maximum absolute atomic E-state index is 6.43. The summed E-state index contributed by atoms with van der Waals surface area (Å²) < 4.78 is 10.6. The lowest BCUT2D eigenvalue weighted by atomic mass is 9.66. The van der Waals surface area contributed by atoms with Crippen molar-refractivity contribution in [3.63, 3.8) is 0 Å². The first-order valence-corrected chi connectivity index (χ1v) is 12.5. The second kappa shape index (κ2) is 6.80. The first kappa shape index (κ1) is 19.3. The van der Waals surface area contributed by atoms with E-state index in [2.05, 4.69) is 137 Å². The molecule has 2 aliphatic rings. The number of ether oxygens (including phenoxy) is 1. The lowest BCUT2D eigenvalue weighted by molar-refractivity contribution is 0.435. The van der Waals surface area contributed by atoms with Crippen molar-refractivity contribution >= 4 is 63.7 Å². The highest BCUT2D eigenvalue weighted by Crippen LogP contribution is 2.63. The van der Waals surface area contributed by atoms with Crippen molar-refractivity contribution in [3.8, 4) is 22.6 Å². The predicted molar refractivity (Wildman–Crippen MR) is 135 cm³/mol. The molecule has 146 valence electrons. The molecule has 0 aromatic heterocycles. The zero-order chi connectivity index (χ0) is 20.6. The molecule has 1 spiro atoms. The Morgan fingerprint density at radius 1 is 0.467 bits per heavy atom.